The minimum Gasteiger partial charge on any atom is -0.394 e. The fraction of sp³-hybridized carbons (Fsp3) is 0.826. The Morgan fingerprint density at radius 2 is 1.43 bits per heavy atom. The third-order valence-electron chi connectivity index (χ3n) is 4.40. The highest BCUT2D eigenvalue weighted by molar-refractivity contribution is 5.83. The summed E-state index contributed by atoms with van der Waals surface area (Å²) >= 11 is 0. The molecular formula is C23H44O7. The maximum Gasteiger partial charge on any atom is 0.313 e. The summed E-state index contributed by atoms with van der Waals surface area (Å²) in [7, 11) is 0. The minimum absolute atomic E-state index is 0.187. The van der Waals surface area contributed by atoms with Crippen molar-refractivity contribution in [2.24, 2.45) is 0 Å². The second-order valence-electron chi connectivity index (χ2n) is 7.50. The molecular weight excluding hydrogens is 388 g/mol. The summed E-state index contributed by atoms with van der Waals surface area (Å²) in [6.07, 6.45) is 16.2. The summed E-state index contributed by atoms with van der Waals surface area (Å²) in [6.45, 7) is 2.71. The van der Waals surface area contributed by atoms with E-state index in [0.717, 1.165) is 57.8 Å². The van der Waals surface area contributed by atoms with Crippen LogP contribution in [0.2, 0.25) is 0 Å². The highest BCUT2D eigenvalue weighted by atomic mass is 16.6. The molecule has 0 aliphatic heterocycles. The first-order valence-corrected chi connectivity index (χ1v) is 11.3. The summed E-state index contributed by atoms with van der Waals surface area (Å²) < 4.78 is 4.47. The van der Waals surface area contributed by atoms with Crippen LogP contribution in [0.5, 0.6) is 0 Å². The van der Waals surface area contributed by atoms with E-state index in [2.05, 4.69) is 23.8 Å². The Morgan fingerprint density at radius 1 is 0.833 bits per heavy atom. The Kier molecular flexibility index (Phi) is 24.7. The molecule has 30 heavy (non-hydrogen) atoms. The third-order valence-corrected chi connectivity index (χ3v) is 4.40. The second kappa shape index (κ2) is 24.0. The van der Waals surface area contributed by atoms with Gasteiger partial charge in [-0.05, 0) is 32.1 Å². The van der Waals surface area contributed by atoms with Crippen molar-refractivity contribution in [1.82, 2.24) is 0 Å². The van der Waals surface area contributed by atoms with Crippen LogP contribution in [-0.2, 0) is 14.3 Å². The van der Waals surface area contributed by atoms with Crippen LogP contribution in [0.1, 0.15) is 97.3 Å². The zero-order valence-electron chi connectivity index (χ0n) is 18.9. The van der Waals surface area contributed by atoms with Gasteiger partial charge in [-0.25, -0.2) is 0 Å². The molecule has 0 spiro atoms. The molecule has 0 saturated carbocycles. The minimum atomic E-state index is -0.954. The fourth-order valence-corrected chi connectivity index (χ4v) is 2.63. The van der Waals surface area contributed by atoms with E-state index in [1.165, 1.54) is 26.2 Å². The smallest absolute Gasteiger partial charge is 0.313 e. The zero-order chi connectivity index (χ0) is 23.0. The first-order valence-electron chi connectivity index (χ1n) is 11.3. The predicted molar refractivity (Wildman–Crippen MR) is 118 cm³/mol. The van der Waals surface area contributed by atoms with Gasteiger partial charge in [0.05, 0.1) is 19.3 Å². The van der Waals surface area contributed by atoms with E-state index in [9.17, 15) is 14.7 Å². The lowest BCUT2D eigenvalue weighted by Crippen LogP contribution is -2.15. The Bertz CT molecular complexity index is 420. The number of aliphatic hydroxyl groups excluding tert-OH is 4. The van der Waals surface area contributed by atoms with E-state index < -0.39 is 18.0 Å². The normalized spacial score (nSPS) is 12.0. The highest BCUT2D eigenvalue weighted by Gasteiger charge is 2.05. The largest absolute Gasteiger partial charge is 0.394 e. The van der Waals surface area contributed by atoms with Crippen molar-refractivity contribution in [2.75, 3.05) is 13.2 Å². The van der Waals surface area contributed by atoms with Crippen LogP contribution in [0.15, 0.2) is 12.2 Å². The molecule has 0 amide bonds. The second-order valence-corrected chi connectivity index (χ2v) is 7.50. The van der Waals surface area contributed by atoms with Crippen LogP contribution < -0.4 is 0 Å². The molecule has 0 heterocycles. The van der Waals surface area contributed by atoms with Crippen LogP contribution in [-0.4, -0.2) is 57.8 Å². The Balaban J connectivity index is 0. The molecule has 0 aromatic rings. The lowest BCUT2D eigenvalue weighted by Gasteiger charge is -2.07. The maximum absolute atomic E-state index is 11.1. The van der Waals surface area contributed by atoms with Gasteiger partial charge in [-0.15, -0.1) is 0 Å². The number of carbonyl (C=O) groups is 2. The number of carbonyl (C=O) groups excluding carboxylic acids is 2. The molecule has 7 nitrogen and oxygen atoms in total. The van der Waals surface area contributed by atoms with Gasteiger partial charge in [0, 0.05) is 13.3 Å². The Labute approximate surface area is 182 Å². The van der Waals surface area contributed by atoms with E-state index in [0.29, 0.717) is 6.42 Å². The van der Waals surface area contributed by atoms with Crippen molar-refractivity contribution in [1.29, 1.82) is 0 Å². The van der Waals surface area contributed by atoms with Crippen molar-refractivity contribution in [3.63, 3.8) is 0 Å². The highest BCUT2D eigenvalue weighted by Crippen LogP contribution is 2.10. The van der Waals surface area contributed by atoms with Gasteiger partial charge in [-0.2, -0.15) is 0 Å². The zero-order valence-corrected chi connectivity index (χ0v) is 18.9. The SMILES string of the molecule is CCCCCCC(O)C/C=C\CCCCCCCC(=O)OC(C)=O.OCC(O)CO. The average Bonchev–Trinajstić information content (AvgIpc) is 2.71. The molecule has 7 heteroatoms. The van der Waals surface area contributed by atoms with E-state index in [1.54, 1.807) is 0 Å². The van der Waals surface area contributed by atoms with Gasteiger partial charge in [0.1, 0.15) is 6.10 Å². The predicted octanol–water partition coefficient (Wildman–Crippen LogP) is 3.42. The van der Waals surface area contributed by atoms with Crippen LogP contribution in [0, 0.1) is 0 Å². The number of esters is 2. The molecule has 0 saturated heterocycles. The summed E-state index contributed by atoms with van der Waals surface area (Å²) in [6, 6.07) is 0. The first kappa shape index (κ1) is 30.9. The van der Waals surface area contributed by atoms with Gasteiger partial charge >= 0.3 is 11.9 Å². The molecule has 0 aromatic carbocycles. The first-order chi connectivity index (χ1) is 14.4. The molecule has 0 aliphatic rings. The van der Waals surface area contributed by atoms with Crippen LogP contribution >= 0.6 is 0 Å². The summed E-state index contributed by atoms with van der Waals surface area (Å²) in [5.74, 6) is -0.948. The molecule has 0 aliphatic carbocycles. The number of rotatable bonds is 17. The molecule has 1 atom stereocenters. The molecule has 0 rings (SSSR count). The average molecular weight is 433 g/mol. The number of hydrogen-bond donors (Lipinski definition) is 4. The third kappa shape index (κ3) is 26.7. The van der Waals surface area contributed by atoms with E-state index in [4.69, 9.17) is 15.3 Å². The monoisotopic (exact) mass is 432 g/mol. The van der Waals surface area contributed by atoms with Crippen molar-refractivity contribution in [3.05, 3.63) is 12.2 Å². The summed E-state index contributed by atoms with van der Waals surface area (Å²) in [5, 5.41) is 33.9. The lowest BCUT2D eigenvalue weighted by molar-refractivity contribution is -0.158. The number of allylic oxidation sites excluding steroid dienone is 1. The van der Waals surface area contributed by atoms with Crippen molar-refractivity contribution in [2.45, 2.75) is 110 Å². The fourth-order valence-electron chi connectivity index (χ4n) is 2.63. The van der Waals surface area contributed by atoms with Gasteiger partial charge in [0.15, 0.2) is 0 Å². The standard InChI is InChI=1S/C20H36O4.C3H8O3/c1-3-4-5-12-15-19(22)16-13-10-8-6-7-9-11-14-17-20(23)24-18(2)21;4-1-3(6)2-5/h10,13,19,22H,3-9,11-12,14-17H2,1-2H3;3-6H,1-2H2/b13-10-;. The number of hydrogen-bond acceptors (Lipinski definition) is 7. The van der Waals surface area contributed by atoms with Gasteiger partial charge in [0.2, 0.25) is 0 Å². The van der Waals surface area contributed by atoms with E-state index in [-0.39, 0.29) is 19.3 Å². The van der Waals surface area contributed by atoms with Crippen molar-refractivity contribution >= 4 is 11.9 Å². The van der Waals surface area contributed by atoms with E-state index >= 15 is 0 Å². The van der Waals surface area contributed by atoms with Gasteiger partial charge in [0.25, 0.3) is 0 Å². The molecule has 0 radical (unpaired) electrons. The molecule has 0 fully saturated rings. The molecule has 0 bridgehead atoms. The van der Waals surface area contributed by atoms with E-state index in [1.807, 2.05) is 0 Å². The molecule has 1 unspecified atom stereocenters. The number of aliphatic hydroxyl groups is 4. The van der Waals surface area contributed by atoms with Gasteiger partial charge in [-0.3, -0.25) is 9.59 Å². The molecule has 178 valence electrons. The van der Waals surface area contributed by atoms with Crippen LogP contribution in [0.25, 0.3) is 0 Å². The van der Waals surface area contributed by atoms with Gasteiger partial charge < -0.3 is 25.2 Å². The summed E-state index contributed by atoms with van der Waals surface area (Å²) in [5.41, 5.74) is 0. The topological polar surface area (TPSA) is 124 Å². The number of ether oxygens (including phenoxy) is 1. The molecule has 0 aromatic heterocycles. The van der Waals surface area contributed by atoms with Crippen LogP contribution in [0.3, 0.4) is 0 Å². The van der Waals surface area contributed by atoms with Crippen molar-refractivity contribution in [3.8, 4) is 0 Å². The molecule has 4 N–H and O–H groups in total. The number of unbranched alkanes of at least 4 members (excludes halogenated alkanes) is 8. The van der Waals surface area contributed by atoms with Gasteiger partial charge in [-0.1, -0.05) is 64.0 Å². The summed E-state index contributed by atoms with van der Waals surface area (Å²) in [4.78, 5) is 21.7. The Morgan fingerprint density at radius 3 is 2.00 bits per heavy atom. The lowest BCUT2D eigenvalue weighted by atomic mass is 10.1. The van der Waals surface area contributed by atoms with Crippen molar-refractivity contribution < 1.29 is 34.8 Å². The maximum atomic E-state index is 11.1. The quantitative estimate of drug-likeness (QED) is 0.120. The van der Waals surface area contributed by atoms with Crippen LogP contribution in [0.4, 0.5) is 0 Å². The Hall–Kier alpha value is -1.28.